The number of unbranched alkanes of at least 4 members (excludes halogenated alkanes) is 1. The van der Waals surface area contributed by atoms with Gasteiger partial charge in [0.15, 0.2) is 0 Å². The number of hydrogen-bond donors (Lipinski definition) is 0. The molecule has 44 heavy (non-hydrogen) atoms. The van der Waals surface area contributed by atoms with E-state index in [9.17, 15) is 43.9 Å². The molecule has 0 unspecified atom stereocenters. The van der Waals surface area contributed by atoms with E-state index in [1.807, 2.05) is 6.92 Å². The van der Waals surface area contributed by atoms with Gasteiger partial charge in [-0.3, -0.25) is 0 Å². The maximum atomic E-state index is 14.7. The van der Waals surface area contributed by atoms with Crippen molar-refractivity contribution in [2.24, 2.45) is 0 Å². The number of ether oxygens (including phenoxy) is 2. The highest BCUT2D eigenvalue weighted by Crippen LogP contribution is 2.38. The molecule has 0 bridgehead atoms. The van der Waals surface area contributed by atoms with E-state index in [1.54, 1.807) is 0 Å². The van der Waals surface area contributed by atoms with Crippen LogP contribution in [0.2, 0.25) is 0 Å². The summed E-state index contributed by atoms with van der Waals surface area (Å²) in [6.45, 7) is 1.99. The van der Waals surface area contributed by atoms with Crippen molar-refractivity contribution in [3.05, 3.63) is 118 Å². The Kier molecular flexibility index (Phi) is 9.47. The molecule has 0 N–H and O–H groups in total. The van der Waals surface area contributed by atoms with Gasteiger partial charge in [0.05, 0.1) is 12.2 Å². The lowest BCUT2D eigenvalue weighted by molar-refractivity contribution is -0.189. The number of benzene rings is 4. The van der Waals surface area contributed by atoms with Crippen LogP contribution in [0.1, 0.15) is 42.0 Å². The van der Waals surface area contributed by atoms with Crippen LogP contribution in [0, 0.1) is 40.9 Å². The van der Waals surface area contributed by atoms with Crippen LogP contribution in [-0.4, -0.2) is 6.61 Å². The molecule has 0 radical (unpaired) electrons. The molecule has 0 heterocycles. The third-order valence-corrected chi connectivity index (χ3v) is 6.15. The SMILES string of the molecule is CCCCOc1cc(F)c(C(F)(F)Oc2ccc(C#Cc3ccc(-c4cc(F)c(C(F)(F)F)c(F)c4)cc3)c(F)c2)c(F)c1. The highest BCUT2D eigenvalue weighted by atomic mass is 19.4. The van der Waals surface area contributed by atoms with E-state index in [1.165, 1.54) is 24.3 Å². The van der Waals surface area contributed by atoms with Gasteiger partial charge in [-0.05, 0) is 53.9 Å². The first-order valence-corrected chi connectivity index (χ1v) is 12.9. The Bertz CT molecular complexity index is 1670. The lowest BCUT2D eigenvalue weighted by Crippen LogP contribution is -2.25. The summed E-state index contributed by atoms with van der Waals surface area (Å²) < 4.78 is 149. The Hall–Kier alpha value is -4.66. The third-order valence-electron chi connectivity index (χ3n) is 6.15. The lowest BCUT2D eigenvalue weighted by atomic mass is 10.0. The summed E-state index contributed by atoms with van der Waals surface area (Å²) in [6.07, 6.45) is -8.41. The van der Waals surface area contributed by atoms with Crippen molar-refractivity contribution in [3.8, 4) is 34.5 Å². The second-order valence-electron chi connectivity index (χ2n) is 9.36. The van der Waals surface area contributed by atoms with Crippen LogP contribution in [0.25, 0.3) is 11.1 Å². The molecule has 4 aromatic rings. The molecule has 4 aromatic carbocycles. The molecular formula is C32H20F10O2. The minimum absolute atomic E-state index is 0.132. The van der Waals surface area contributed by atoms with Gasteiger partial charge in [-0.25, -0.2) is 22.0 Å². The fourth-order valence-corrected chi connectivity index (χ4v) is 4.00. The van der Waals surface area contributed by atoms with Crippen molar-refractivity contribution in [1.82, 2.24) is 0 Å². The Balaban J connectivity index is 1.48. The zero-order valence-corrected chi connectivity index (χ0v) is 22.6. The minimum atomic E-state index is -5.21. The molecule has 0 saturated carbocycles. The van der Waals surface area contributed by atoms with Crippen LogP contribution in [0.3, 0.4) is 0 Å². The highest BCUT2D eigenvalue weighted by molar-refractivity contribution is 5.65. The maximum absolute atomic E-state index is 14.7. The monoisotopic (exact) mass is 626 g/mol. The molecule has 0 aliphatic heterocycles. The molecule has 12 heteroatoms. The molecule has 2 nitrogen and oxygen atoms in total. The second-order valence-corrected chi connectivity index (χ2v) is 9.36. The zero-order chi connectivity index (χ0) is 32.2. The molecule has 0 aromatic heterocycles. The van der Waals surface area contributed by atoms with E-state index in [4.69, 9.17) is 4.74 Å². The predicted octanol–water partition coefficient (Wildman–Crippen LogP) is 9.77. The van der Waals surface area contributed by atoms with Crippen molar-refractivity contribution in [2.45, 2.75) is 32.1 Å². The Labute approximate surface area is 244 Å². The molecule has 4 rings (SSSR count). The Morgan fingerprint density at radius 1 is 0.614 bits per heavy atom. The van der Waals surface area contributed by atoms with Gasteiger partial charge < -0.3 is 9.47 Å². The number of halogens is 10. The van der Waals surface area contributed by atoms with Gasteiger partial charge in [-0.1, -0.05) is 37.3 Å². The highest BCUT2D eigenvalue weighted by Gasteiger charge is 2.41. The van der Waals surface area contributed by atoms with Crippen molar-refractivity contribution in [2.75, 3.05) is 6.61 Å². The normalized spacial score (nSPS) is 11.6. The quantitative estimate of drug-likeness (QED) is 0.110. The first-order chi connectivity index (χ1) is 20.7. The molecule has 0 aliphatic carbocycles. The molecule has 0 saturated heterocycles. The molecule has 0 amide bonds. The molecule has 0 spiro atoms. The summed E-state index contributed by atoms with van der Waals surface area (Å²) in [5.74, 6) is -3.90. The summed E-state index contributed by atoms with van der Waals surface area (Å²) in [4.78, 5) is 0. The van der Waals surface area contributed by atoms with Gasteiger partial charge in [0, 0.05) is 23.8 Å². The number of rotatable bonds is 8. The zero-order valence-electron chi connectivity index (χ0n) is 22.6. The fraction of sp³-hybridized carbons (Fsp3) is 0.188. The van der Waals surface area contributed by atoms with Crippen LogP contribution >= 0.6 is 0 Å². The summed E-state index contributed by atoms with van der Waals surface area (Å²) >= 11 is 0. The van der Waals surface area contributed by atoms with E-state index >= 15 is 0 Å². The maximum Gasteiger partial charge on any atom is 0.432 e. The van der Waals surface area contributed by atoms with E-state index in [-0.39, 0.29) is 34.6 Å². The Morgan fingerprint density at radius 3 is 1.73 bits per heavy atom. The van der Waals surface area contributed by atoms with Gasteiger partial charge in [0.2, 0.25) is 0 Å². The van der Waals surface area contributed by atoms with Crippen molar-refractivity contribution >= 4 is 0 Å². The van der Waals surface area contributed by atoms with Crippen LogP contribution in [0.5, 0.6) is 11.5 Å². The van der Waals surface area contributed by atoms with Crippen molar-refractivity contribution in [3.63, 3.8) is 0 Å². The summed E-state index contributed by atoms with van der Waals surface area (Å²) in [6, 6.07) is 10.1. The molecule has 0 fully saturated rings. The van der Waals surface area contributed by atoms with Crippen molar-refractivity contribution in [1.29, 1.82) is 0 Å². The summed E-state index contributed by atoms with van der Waals surface area (Å²) in [5, 5.41) is 0. The van der Waals surface area contributed by atoms with Gasteiger partial charge in [0.25, 0.3) is 0 Å². The fourth-order valence-electron chi connectivity index (χ4n) is 4.00. The van der Waals surface area contributed by atoms with E-state index in [0.29, 0.717) is 36.8 Å². The largest absolute Gasteiger partial charge is 0.493 e. The molecule has 0 atom stereocenters. The summed E-state index contributed by atoms with van der Waals surface area (Å²) in [7, 11) is 0. The van der Waals surface area contributed by atoms with E-state index in [2.05, 4.69) is 16.6 Å². The second kappa shape index (κ2) is 12.9. The average Bonchev–Trinajstić information content (AvgIpc) is 2.91. The lowest BCUT2D eigenvalue weighted by Gasteiger charge is -2.20. The minimum Gasteiger partial charge on any atom is -0.493 e. The van der Waals surface area contributed by atoms with Gasteiger partial charge in [0.1, 0.15) is 51.7 Å². The molecule has 230 valence electrons. The standard InChI is InChI=1S/C32H20F10O2/c1-2-3-12-43-23-16-27(36)30(28(37)17-23)32(41,42)44-22-11-10-20(24(33)15-22)9-6-18-4-7-19(8-5-18)21-13-25(34)29(26(35)14-21)31(38,39)40/h4-5,7-8,10-11,13-17H,2-3,12H2,1H3. The first kappa shape index (κ1) is 32.3. The summed E-state index contributed by atoms with van der Waals surface area (Å²) in [5.41, 5.74) is -3.69. The molecule has 0 aliphatic rings. The van der Waals surface area contributed by atoms with E-state index in [0.717, 1.165) is 18.6 Å². The first-order valence-electron chi connectivity index (χ1n) is 12.9. The molecular weight excluding hydrogens is 606 g/mol. The number of alkyl halides is 5. The average molecular weight is 626 g/mol. The van der Waals surface area contributed by atoms with Crippen LogP contribution < -0.4 is 9.47 Å². The van der Waals surface area contributed by atoms with Gasteiger partial charge in [-0.15, -0.1) is 0 Å². The van der Waals surface area contributed by atoms with Gasteiger partial charge >= 0.3 is 12.3 Å². The van der Waals surface area contributed by atoms with Crippen molar-refractivity contribution < 1.29 is 53.4 Å². The third kappa shape index (κ3) is 7.45. The van der Waals surface area contributed by atoms with Crippen LogP contribution in [0.15, 0.2) is 66.7 Å². The predicted molar refractivity (Wildman–Crippen MR) is 140 cm³/mol. The number of hydrogen-bond acceptors (Lipinski definition) is 2. The Morgan fingerprint density at radius 2 is 1.18 bits per heavy atom. The smallest absolute Gasteiger partial charge is 0.432 e. The van der Waals surface area contributed by atoms with Crippen LogP contribution in [0.4, 0.5) is 43.9 Å². The van der Waals surface area contributed by atoms with E-state index < -0.39 is 58.2 Å². The van der Waals surface area contributed by atoms with Crippen LogP contribution in [-0.2, 0) is 12.3 Å². The topological polar surface area (TPSA) is 18.5 Å². The van der Waals surface area contributed by atoms with Gasteiger partial charge in [-0.2, -0.15) is 22.0 Å².